The molecular weight excluding hydrogens is 1370 g/mol. The second-order valence-corrected chi connectivity index (χ2v) is 34.4. The van der Waals surface area contributed by atoms with Gasteiger partial charge in [0, 0.05) is 38.5 Å². The number of pyridine rings is 1. The molecule has 0 amide bonds. The number of benzene rings is 12. The summed E-state index contributed by atoms with van der Waals surface area (Å²) >= 11 is -3.83. The molecule has 1 aliphatic rings. The predicted octanol–water partition coefficient (Wildman–Crippen LogP) is 19.5. The molecular formula is C86H67GeN4OPt-3. The van der Waals surface area contributed by atoms with Crippen LogP contribution in [0.25, 0.3) is 93.2 Å². The van der Waals surface area contributed by atoms with Crippen LogP contribution in [-0.2, 0) is 31.9 Å². The molecule has 454 valence electrons. The van der Waals surface area contributed by atoms with Crippen LogP contribution in [0.5, 0.6) is 11.5 Å². The van der Waals surface area contributed by atoms with Crippen LogP contribution in [0.3, 0.4) is 0 Å². The van der Waals surface area contributed by atoms with Crippen LogP contribution in [-0.4, -0.2) is 27.4 Å². The molecule has 0 bridgehead atoms. The van der Waals surface area contributed by atoms with Gasteiger partial charge in [0.15, 0.2) is 0 Å². The van der Waals surface area contributed by atoms with Gasteiger partial charge in [0.05, 0.1) is 0 Å². The molecule has 12 aromatic carbocycles. The predicted molar refractivity (Wildman–Crippen MR) is 389 cm³/mol. The molecule has 93 heavy (non-hydrogen) atoms. The normalized spacial score (nSPS) is 12.4. The summed E-state index contributed by atoms with van der Waals surface area (Å²) in [5.74, 6) is 1.98. The molecule has 5 nitrogen and oxygen atoms in total. The Bertz CT molecular complexity index is 5340. The minimum Gasteiger partial charge on any atom is 0 e. The summed E-state index contributed by atoms with van der Waals surface area (Å²) in [7, 11) is 0. The van der Waals surface area contributed by atoms with Gasteiger partial charge in [-0.2, -0.15) is 6.07 Å². The molecule has 0 saturated carbocycles. The molecule has 16 rings (SSSR count). The zero-order chi connectivity index (χ0) is 62.3. The number of hydrogen-bond donors (Lipinski definition) is 0. The number of rotatable bonds is 10. The molecule has 4 heterocycles. The van der Waals surface area contributed by atoms with Crippen LogP contribution >= 0.6 is 0 Å². The van der Waals surface area contributed by atoms with Crippen molar-refractivity contribution in [2.45, 2.75) is 52.4 Å². The van der Waals surface area contributed by atoms with Crippen LogP contribution in [0, 0.1) is 18.8 Å². The van der Waals surface area contributed by atoms with Crippen molar-refractivity contribution in [3.05, 3.63) is 321 Å². The van der Waals surface area contributed by atoms with Crippen molar-refractivity contribution in [2.24, 2.45) is 0 Å². The third kappa shape index (κ3) is 10.3. The van der Waals surface area contributed by atoms with Gasteiger partial charge in [-0.3, -0.25) is 0 Å². The first kappa shape index (κ1) is 59.4. The summed E-state index contributed by atoms with van der Waals surface area (Å²) in [5, 5.41) is 9.15. The second kappa shape index (κ2) is 23.6. The summed E-state index contributed by atoms with van der Waals surface area (Å²) in [6.07, 6.45) is 1.92. The van der Waals surface area contributed by atoms with E-state index in [9.17, 15) is 0 Å². The van der Waals surface area contributed by atoms with Gasteiger partial charge >= 0.3 is 373 Å². The van der Waals surface area contributed by atoms with Crippen molar-refractivity contribution in [1.82, 2.24) is 14.1 Å². The summed E-state index contributed by atoms with van der Waals surface area (Å²) in [4.78, 5) is 7.31. The summed E-state index contributed by atoms with van der Waals surface area (Å²) in [6, 6.07) is 113. The van der Waals surface area contributed by atoms with Gasteiger partial charge in [0.2, 0.25) is 0 Å². The van der Waals surface area contributed by atoms with Crippen molar-refractivity contribution in [2.75, 3.05) is 4.90 Å². The molecule has 0 fully saturated rings. The Labute approximate surface area is 561 Å². The van der Waals surface area contributed by atoms with Crippen molar-refractivity contribution in [1.29, 1.82) is 0 Å². The largest absolute Gasteiger partial charge is 0 e. The molecule has 1 aliphatic heterocycles. The Hall–Kier alpha value is -9.91. The van der Waals surface area contributed by atoms with Crippen LogP contribution in [0.1, 0.15) is 52.7 Å². The number of fused-ring (bicyclic) bond motifs is 10. The number of ether oxygens (including phenoxy) is 1. The van der Waals surface area contributed by atoms with E-state index in [1.54, 1.807) is 0 Å². The minimum absolute atomic E-state index is 0. The van der Waals surface area contributed by atoms with Gasteiger partial charge in [-0.1, -0.05) is 68.8 Å². The third-order valence-electron chi connectivity index (χ3n) is 18.7. The van der Waals surface area contributed by atoms with E-state index >= 15 is 0 Å². The van der Waals surface area contributed by atoms with Gasteiger partial charge in [-0.25, -0.2) is 4.98 Å². The molecule has 0 aliphatic carbocycles. The smallest absolute Gasteiger partial charge is 0 e. The summed E-state index contributed by atoms with van der Waals surface area (Å²) in [6.45, 7) is 16.1. The average molecular weight is 1440 g/mol. The van der Waals surface area contributed by atoms with Crippen LogP contribution < -0.4 is 27.2 Å². The van der Waals surface area contributed by atoms with Crippen LogP contribution in [0.2, 0.25) is 0 Å². The molecule has 0 N–H and O–H groups in total. The number of nitrogens with zero attached hydrogens (tertiary/aromatic N) is 4. The molecule has 15 aromatic rings. The van der Waals surface area contributed by atoms with Gasteiger partial charge in [-0.05, 0) is 45.7 Å². The van der Waals surface area contributed by atoms with Crippen molar-refractivity contribution < 1.29 is 25.8 Å². The maximum Gasteiger partial charge on any atom is 0 e. The number of anilines is 2. The summed E-state index contributed by atoms with van der Waals surface area (Å²) in [5.41, 5.74) is 12.8. The van der Waals surface area contributed by atoms with E-state index in [0.717, 1.165) is 82.9 Å². The Morgan fingerprint density at radius 3 is 1.57 bits per heavy atom. The topological polar surface area (TPSA) is 35.2 Å². The van der Waals surface area contributed by atoms with Crippen molar-refractivity contribution in [3.8, 4) is 39.6 Å². The molecule has 0 spiro atoms. The molecule has 0 unspecified atom stereocenters. The number of para-hydroxylation sites is 2. The van der Waals surface area contributed by atoms with Crippen molar-refractivity contribution in [3.63, 3.8) is 0 Å². The fraction of sp³-hybridized carbons (Fsp3) is 0.0930. The molecule has 0 atom stereocenters. The molecule has 7 heteroatoms. The molecule has 0 radical (unpaired) electrons. The fourth-order valence-corrected chi connectivity index (χ4v) is 24.4. The monoisotopic (exact) mass is 1440 g/mol. The maximum atomic E-state index is 6.98. The number of aromatic nitrogens is 3. The SMILES string of the molecule is CC(C)(C)c1cc(-c2cccc3c4ccccc4c4ccccc4c4cccc5c4n(c23)[CH-]N5c2[c-]c(Oc3[c-]c4c(cc3)c3cc(-c5ccccc5)ccc3n4-c3cc(C(C)(C)C)ccn3)ccc2)c[c]([Ge]([c]2ccccc2)([c]2ccccc2)[c]2ccccc2)c1.[Pt]. The van der Waals surface area contributed by atoms with E-state index in [-0.39, 0.29) is 31.9 Å². The third-order valence-corrected chi connectivity index (χ3v) is 28.7. The standard InChI is InChI=1S/C86H67GeN4O.Pt/c1-85(2,3)61-48-49-88-82(54-61)91-79-47-44-59(58-26-11-7-12-27-58)52-78(79)75-46-45-69(56-81(75)91)92-68-35-23-34-67(55-68)89-57-90-83-70(40-24-41-76(83)73-38-21-19-36-71(73)72-37-20-22-39-74(72)77-42-25-43-80(89)84(77)90)60-50-62(86(4,5)6)53-66(51-60)87(63-28-13-8-14-29-63,64-30-15-9-16-31-64)65-32-17-10-18-33-65;/h7-54,57H,1-6H3;/q-3;. The zero-order valence-corrected chi connectivity index (χ0v) is 57.2. The molecule has 3 aromatic heterocycles. The van der Waals surface area contributed by atoms with E-state index in [2.05, 4.69) is 347 Å². The zero-order valence-electron chi connectivity index (χ0n) is 52.8. The number of hydrogen-bond acceptors (Lipinski definition) is 3. The van der Waals surface area contributed by atoms with Crippen molar-refractivity contribution >= 4 is 107 Å². The van der Waals surface area contributed by atoms with Gasteiger partial charge < -0.3 is 4.57 Å². The van der Waals surface area contributed by atoms with E-state index in [0.29, 0.717) is 11.5 Å². The van der Waals surface area contributed by atoms with Gasteiger partial charge in [0.25, 0.3) is 0 Å². The van der Waals surface area contributed by atoms with E-state index in [1.165, 1.54) is 50.4 Å². The second-order valence-electron chi connectivity index (χ2n) is 26.4. The molecule has 0 saturated heterocycles. The average Bonchev–Trinajstić information content (AvgIpc) is 1.73. The van der Waals surface area contributed by atoms with Crippen LogP contribution in [0.4, 0.5) is 11.4 Å². The first-order valence-electron chi connectivity index (χ1n) is 31.8. The van der Waals surface area contributed by atoms with E-state index in [1.807, 2.05) is 18.3 Å². The van der Waals surface area contributed by atoms with Crippen LogP contribution in [0.15, 0.2) is 291 Å². The fourth-order valence-electron chi connectivity index (χ4n) is 14.2. The maximum absolute atomic E-state index is 6.98. The Kier molecular flexibility index (Phi) is 15.1. The van der Waals surface area contributed by atoms with E-state index < -0.39 is 13.3 Å². The van der Waals surface area contributed by atoms with E-state index in [4.69, 9.17) is 9.72 Å². The first-order chi connectivity index (χ1) is 44.9. The van der Waals surface area contributed by atoms with Gasteiger partial charge in [-0.15, -0.1) is 17.5 Å². The Morgan fingerprint density at radius 1 is 0.398 bits per heavy atom. The van der Waals surface area contributed by atoms with Gasteiger partial charge in [0.1, 0.15) is 5.82 Å². The summed E-state index contributed by atoms with van der Waals surface area (Å²) < 4.78 is 17.2. The first-order valence-corrected chi connectivity index (χ1v) is 36.0. The minimum atomic E-state index is -3.83. The Balaban J connectivity index is 0.00000716. The quantitative estimate of drug-likeness (QED) is 0.101. The Morgan fingerprint density at radius 2 is 0.946 bits per heavy atom.